The van der Waals surface area contributed by atoms with Crippen LogP contribution in [-0.4, -0.2) is 6.36 Å². The highest BCUT2D eigenvalue weighted by Crippen LogP contribution is 2.30. The Bertz CT molecular complexity index is 593. The lowest BCUT2D eigenvalue weighted by atomic mass is 10.0. The molecule has 0 aromatic heterocycles. The lowest BCUT2D eigenvalue weighted by Crippen LogP contribution is -2.16. The maximum atomic E-state index is 13.6. The van der Waals surface area contributed by atoms with Gasteiger partial charge in [0.05, 0.1) is 0 Å². The Balaban J connectivity index is 2.33. The number of alkyl halides is 4. The molecule has 0 saturated carbocycles. The molecule has 0 radical (unpaired) electrons. The van der Waals surface area contributed by atoms with Crippen molar-refractivity contribution >= 4 is 15.9 Å². The van der Waals surface area contributed by atoms with Gasteiger partial charge in [-0.25, -0.2) is 4.39 Å². The summed E-state index contributed by atoms with van der Waals surface area (Å²) in [7, 11) is 0. The first-order valence-electron chi connectivity index (χ1n) is 5.60. The summed E-state index contributed by atoms with van der Waals surface area (Å²) in [6, 6.07) is 9.92. The molecule has 2 aromatic rings. The van der Waals surface area contributed by atoms with Crippen LogP contribution in [0.15, 0.2) is 42.5 Å². The molecule has 1 nitrogen and oxygen atoms in total. The van der Waals surface area contributed by atoms with Crippen LogP contribution in [0.2, 0.25) is 0 Å². The highest BCUT2D eigenvalue weighted by atomic mass is 79.9. The third kappa shape index (κ3) is 3.50. The zero-order chi connectivity index (χ0) is 14.8. The van der Waals surface area contributed by atoms with E-state index in [1.54, 1.807) is 12.1 Å². The standard InChI is InChI=1S/C14H9BrF4O/c15-8-12-11(2-1-3-13(12)16)9-4-6-10(7-5-9)20-14(17,18)19/h1-7H,8H2. The summed E-state index contributed by atoms with van der Waals surface area (Å²) in [4.78, 5) is 0. The van der Waals surface area contributed by atoms with E-state index >= 15 is 0 Å². The number of benzene rings is 2. The predicted molar refractivity (Wildman–Crippen MR) is 71.2 cm³/mol. The van der Waals surface area contributed by atoms with Crippen molar-refractivity contribution in [3.8, 4) is 16.9 Å². The summed E-state index contributed by atoms with van der Waals surface area (Å²) in [6.07, 6.45) is -4.72. The Hall–Kier alpha value is -1.56. The van der Waals surface area contributed by atoms with Gasteiger partial charge < -0.3 is 4.74 Å². The number of hydrogen-bond acceptors (Lipinski definition) is 1. The van der Waals surface area contributed by atoms with Crippen LogP contribution in [-0.2, 0) is 5.33 Å². The predicted octanol–water partition coefficient (Wildman–Crippen LogP) is 5.29. The molecule has 0 aliphatic rings. The molecule has 106 valence electrons. The highest BCUT2D eigenvalue weighted by molar-refractivity contribution is 9.08. The lowest BCUT2D eigenvalue weighted by molar-refractivity contribution is -0.274. The van der Waals surface area contributed by atoms with Crippen LogP contribution < -0.4 is 4.74 Å². The fourth-order valence-electron chi connectivity index (χ4n) is 1.80. The maximum absolute atomic E-state index is 13.6. The Morgan fingerprint density at radius 3 is 2.20 bits per heavy atom. The van der Waals surface area contributed by atoms with Crippen molar-refractivity contribution in [2.75, 3.05) is 0 Å². The highest BCUT2D eigenvalue weighted by Gasteiger charge is 2.30. The molecule has 0 spiro atoms. The molecule has 0 saturated heterocycles. The van der Waals surface area contributed by atoms with Crippen molar-refractivity contribution in [3.63, 3.8) is 0 Å². The second kappa shape index (κ2) is 5.83. The average molecular weight is 349 g/mol. The van der Waals surface area contributed by atoms with Crippen LogP contribution in [0.5, 0.6) is 5.75 Å². The molecule has 0 N–H and O–H groups in total. The topological polar surface area (TPSA) is 9.23 Å². The first-order chi connectivity index (χ1) is 9.40. The molecule has 0 unspecified atom stereocenters. The molecule has 0 amide bonds. The smallest absolute Gasteiger partial charge is 0.406 e. The van der Waals surface area contributed by atoms with Crippen molar-refractivity contribution in [2.45, 2.75) is 11.7 Å². The van der Waals surface area contributed by atoms with Crippen LogP contribution in [0.25, 0.3) is 11.1 Å². The minimum absolute atomic E-state index is 0.307. The first-order valence-corrected chi connectivity index (χ1v) is 6.72. The van der Waals surface area contributed by atoms with E-state index in [-0.39, 0.29) is 11.6 Å². The van der Waals surface area contributed by atoms with Crippen LogP contribution >= 0.6 is 15.9 Å². The normalized spacial score (nSPS) is 11.4. The minimum Gasteiger partial charge on any atom is -0.406 e. The van der Waals surface area contributed by atoms with Crippen LogP contribution in [0.1, 0.15) is 5.56 Å². The van der Waals surface area contributed by atoms with E-state index in [1.807, 2.05) is 0 Å². The Labute approximate surface area is 121 Å². The SMILES string of the molecule is Fc1cccc(-c2ccc(OC(F)(F)F)cc2)c1CBr. The van der Waals surface area contributed by atoms with Gasteiger partial charge in [-0.1, -0.05) is 40.2 Å². The van der Waals surface area contributed by atoms with Crippen molar-refractivity contribution in [1.29, 1.82) is 0 Å². The van der Waals surface area contributed by atoms with Gasteiger partial charge >= 0.3 is 6.36 Å². The number of ether oxygens (including phenoxy) is 1. The zero-order valence-electron chi connectivity index (χ0n) is 10.0. The summed E-state index contributed by atoms with van der Waals surface area (Å²) >= 11 is 3.20. The summed E-state index contributed by atoms with van der Waals surface area (Å²) in [5, 5.41) is 0.315. The van der Waals surface area contributed by atoms with Crippen molar-refractivity contribution in [1.82, 2.24) is 0 Å². The number of rotatable bonds is 3. The number of hydrogen-bond donors (Lipinski definition) is 0. The van der Waals surface area contributed by atoms with Crippen molar-refractivity contribution in [3.05, 3.63) is 53.8 Å². The fourth-order valence-corrected chi connectivity index (χ4v) is 2.37. The molecule has 0 atom stereocenters. The van der Waals surface area contributed by atoms with E-state index in [9.17, 15) is 17.6 Å². The van der Waals surface area contributed by atoms with Gasteiger partial charge in [-0.05, 0) is 29.3 Å². The second-order valence-corrected chi connectivity index (χ2v) is 4.53. The van der Waals surface area contributed by atoms with Crippen LogP contribution in [0.3, 0.4) is 0 Å². The molecule has 2 aromatic carbocycles. The van der Waals surface area contributed by atoms with E-state index in [2.05, 4.69) is 20.7 Å². The molecule has 2 rings (SSSR count). The van der Waals surface area contributed by atoms with Crippen LogP contribution in [0.4, 0.5) is 17.6 Å². The maximum Gasteiger partial charge on any atom is 0.573 e. The van der Waals surface area contributed by atoms with Crippen LogP contribution in [0, 0.1) is 5.82 Å². The Morgan fingerprint density at radius 1 is 1.00 bits per heavy atom. The van der Waals surface area contributed by atoms with E-state index < -0.39 is 6.36 Å². The summed E-state index contributed by atoms with van der Waals surface area (Å²) in [5.41, 5.74) is 1.70. The van der Waals surface area contributed by atoms with Gasteiger partial charge in [0.15, 0.2) is 0 Å². The molecule has 0 bridgehead atoms. The monoisotopic (exact) mass is 348 g/mol. The van der Waals surface area contributed by atoms with Gasteiger partial charge in [0, 0.05) is 10.9 Å². The Morgan fingerprint density at radius 2 is 1.65 bits per heavy atom. The summed E-state index contributed by atoms with van der Waals surface area (Å²) in [6.45, 7) is 0. The lowest BCUT2D eigenvalue weighted by Gasteiger charge is -2.11. The van der Waals surface area contributed by atoms with E-state index in [1.165, 1.54) is 30.3 Å². The van der Waals surface area contributed by atoms with Crippen molar-refractivity contribution in [2.24, 2.45) is 0 Å². The molecular weight excluding hydrogens is 340 g/mol. The first kappa shape index (κ1) is 14.8. The molecule has 0 aliphatic heterocycles. The van der Waals surface area contributed by atoms with Crippen molar-refractivity contribution < 1.29 is 22.3 Å². The molecule has 0 aliphatic carbocycles. The van der Waals surface area contributed by atoms with Gasteiger partial charge in [0.1, 0.15) is 11.6 Å². The summed E-state index contributed by atoms with van der Waals surface area (Å²) < 4.78 is 53.6. The molecule has 0 fully saturated rings. The van der Waals surface area contributed by atoms with Gasteiger partial charge in [-0.3, -0.25) is 0 Å². The molecule has 0 heterocycles. The third-order valence-corrected chi connectivity index (χ3v) is 3.21. The van der Waals surface area contributed by atoms with Gasteiger partial charge in [-0.15, -0.1) is 13.2 Å². The second-order valence-electron chi connectivity index (χ2n) is 3.97. The van der Waals surface area contributed by atoms with E-state index in [0.717, 1.165) is 0 Å². The molecule has 20 heavy (non-hydrogen) atoms. The summed E-state index contributed by atoms with van der Waals surface area (Å²) in [5.74, 6) is -0.673. The fraction of sp³-hybridized carbons (Fsp3) is 0.143. The van der Waals surface area contributed by atoms with E-state index in [4.69, 9.17) is 0 Å². The van der Waals surface area contributed by atoms with Gasteiger partial charge in [-0.2, -0.15) is 0 Å². The largest absolute Gasteiger partial charge is 0.573 e. The average Bonchev–Trinajstić information content (AvgIpc) is 2.37. The Kier molecular flexibility index (Phi) is 4.32. The molecular formula is C14H9BrF4O. The quantitative estimate of drug-likeness (QED) is 0.541. The molecule has 6 heteroatoms. The minimum atomic E-state index is -4.72. The third-order valence-electron chi connectivity index (χ3n) is 2.65. The number of halogens is 5. The van der Waals surface area contributed by atoms with E-state index in [0.29, 0.717) is 22.0 Å². The zero-order valence-corrected chi connectivity index (χ0v) is 11.6. The van der Waals surface area contributed by atoms with Gasteiger partial charge in [0.2, 0.25) is 0 Å². The van der Waals surface area contributed by atoms with Gasteiger partial charge in [0.25, 0.3) is 0 Å².